The highest BCUT2D eigenvalue weighted by Gasteiger charge is 2.73. The molecule has 2 bridgehead atoms. The maximum absolute atomic E-state index is 11.5. The lowest BCUT2D eigenvalue weighted by atomic mass is 9.65. The summed E-state index contributed by atoms with van der Waals surface area (Å²) in [7, 11) is 3.15. The summed E-state index contributed by atoms with van der Waals surface area (Å²) in [6, 6.07) is 5.79. The highest BCUT2D eigenvalue weighted by atomic mass is 16.7. The van der Waals surface area contributed by atoms with Crippen molar-refractivity contribution in [3.8, 4) is 11.5 Å². The molecule has 4 rings (SSSR count). The van der Waals surface area contributed by atoms with E-state index in [0.717, 1.165) is 5.56 Å². The average Bonchev–Trinajstić information content (AvgIpc) is 3.18. The van der Waals surface area contributed by atoms with Gasteiger partial charge in [-0.1, -0.05) is 19.1 Å². The molecule has 6 heteroatoms. The molecule has 0 saturated heterocycles. The standard InChI is InChI=1S/C21H28O6/c1-5-8-20-10-16(24-3)18(22)21(25-4,19(20)23)17(12(20)2)13-6-7-14-15(9-13)27-11-26-14/h5-7,9,12,16-19,22-23H,1,8,10-11H2,2-4H3/t12-,16+,17+,18-,19?,20?,21+/m1/s1. The largest absolute Gasteiger partial charge is 0.454 e. The van der Waals surface area contributed by atoms with E-state index in [2.05, 4.69) is 13.5 Å². The minimum Gasteiger partial charge on any atom is -0.454 e. The molecule has 148 valence electrons. The Morgan fingerprint density at radius 1 is 1.26 bits per heavy atom. The molecule has 2 fully saturated rings. The lowest BCUT2D eigenvalue weighted by Crippen LogP contribution is -2.65. The van der Waals surface area contributed by atoms with Gasteiger partial charge in [0.05, 0.1) is 12.2 Å². The van der Waals surface area contributed by atoms with Crippen LogP contribution in [-0.2, 0) is 9.47 Å². The van der Waals surface area contributed by atoms with Crippen LogP contribution in [-0.4, -0.2) is 55.1 Å². The van der Waals surface area contributed by atoms with Gasteiger partial charge >= 0.3 is 0 Å². The lowest BCUT2D eigenvalue weighted by molar-refractivity contribution is -0.236. The van der Waals surface area contributed by atoms with E-state index in [9.17, 15) is 10.2 Å². The Morgan fingerprint density at radius 2 is 2.00 bits per heavy atom. The van der Waals surface area contributed by atoms with Crippen molar-refractivity contribution in [2.45, 2.75) is 49.6 Å². The summed E-state index contributed by atoms with van der Waals surface area (Å²) < 4.78 is 22.6. The van der Waals surface area contributed by atoms with Gasteiger partial charge in [-0.15, -0.1) is 6.58 Å². The van der Waals surface area contributed by atoms with Crippen molar-refractivity contribution in [3.05, 3.63) is 36.4 Å². The second-order valence-electron chi connectivity index (χ2n) is 7.99. The molecular formula is C21H28O6. The minimum atomic E-state index is -1.17. The molecule has 1 aromatic rings. The van der Waals surface area contributed by atoms with Crippen molar-refractivity contribution in [1.29, 1.82) is 0 Å². The highest BCUT2D eigenvalue weighted by molar-refractivity contribution is 5.48. The quantitative estimate of drug-likeness (QED) is 0.768. The Morgan fingerprint density at radius 3 is 2.67 bits per heavy atom. The van der Waals surface area contributed by atoms with Crippen LogP contribution in [0.2, 0.25) is 0 Å². The van der Waals surface area contributed by atoms with Crippen LogP contribution in [0, 0.1) is 11.3 Å². The Kier molecular flexibility index (Phi) is 4.50. The molecule has 2 aliphatic carbocycles. The van der Waals surface area contributed by atoms with Crippen molar-refractivity contribution in [3.63, 3.8) is 0 Å². The summed E-state index contributed by atoms with van der Waals surface area (Å²) in [4.78, 5) is 0. The first kappa shape index (κ1) is 18.7. The SMILES string of the molecule is C=CCC12C[C@H](OC)[C@@H](O)[C@](OC)(C1O)[C@H](c1ccc3c(c1)OCO3)[C@H]2C. The Labute approximate surface area is 159 Å². The number of hydrogen-bond acceptors (Lipinski definition) is 6. The van der Waals surface area contributed by atoms with Crippen molar-refractivity contribution < 1.29 is 29.2 Å². The van der Waals surface area contributed by atoms with Crippen LogP contribution in [0.15, 0.2) is 30.9 Å². The summed E-state index contributed by atoms with van der Waals surface area (Å²) in [6.07, 6.45) is 0.779. The van der Waals surface area contributed by atoms with Gasteiger partial charge in [-0.25, -0.2) is 0 Å². The first-order valence-electron chi connectivity index (χ1n) is 9.40. The monoisotopic (exact) mass is 376 g/mol. The van der Waals surface area contributed by atoms with Gasteiger partial charge in [0.1, 0.15) is 11.7 Å². The molecule has 7 atom stereocenters. The zero-order valence-corrected chi connectivity index (χ0v) is 16.1. The molecule has 1 heterocycles. The summed E-state index contributed by atoms with van der Waals surface area (Å²) in [5.41, 5.74) is -0.706. The van der Waals surface area contributed by atoms with Gasteiger partial charge in [0.25, 0.3) is 0 Å². The third kappa shape index (κ3) is 2.27. The van der Waals surface area contributed by atoms with Crippen LogP contribution in [0.1, 0.15) is 31.2 Å². The molecule has 27 heavy (non-hydrogen) atoms. The molecule has 2 saturated carbocycles. The van der Waals surface area contributed by atoms with E-state index in [1.807, 2.05) is 24.3 Å². The van der Waals surface area contributed by atoms with E-state index in [-0.39, 0.29) is 18.6 Å². The van der Waals surface area contributed by atoms with E-state index in [4.69, 9.17) is 18.9 Å². The second-order valence-corrected chi connectivity index (χ2v) is 7.99. The Bertz CT molecular complexity index is 735. The topological polar surface area (TPSA) is 77.4 Å². The van der Waals surface area contributed by atoms with Crippen molar-refractivity contribution in [2.24, 2.45) is 11.3 Å². The van der Waals surface area contributed by atoms with Crippen LogP contribution in [0.5, 0.6) is 11.5 Å². The molecule has 0 aromatic heterocycles. The number of hydrogen-bond donors (Lipinski definition) is 2. The number of benzene rings is 1. The number of methoxy groups -OCH3 is 2. The number of ether oxygens (including phenoxy) is 4. The van der Waals surface area contributed by atoms with Crippen LogP contribution in [0.25, 0.3) is 0 Å². The number of fused-ring (bicyclic) bond motifs is 3. The number of rotatable bonds is 5. The predicted molar refractivity (Wildman–Crippen MR) is 98.9 cm³/mol. The molecule has 0 spiro atoms. The smallest absolute Gasteiger partial charge is 0.231 e. The fourth-order valence-electron chi connectivity index (χ4n) is 5.89. The van der Waals surface area contributed by atoms with Gasteiger partial charge < -0.3 is 29.2 Å². The average molecular weight is 376 g/mol. The zero-order chi connectivity index (χ0) is 19.4. The van der Waals surface area contributed by atoms with Crippen molar-refractivity contribution >= 4 is 0 Å². The van der Waals surface area contributed by atoms with E-state index in [1.54, 1.807) is 14.2 Å². The minimum absolute atomic E-state index is 0.0284. The van der Waals surface area contributed by atoms with E-state index >= 15 is 0 Å². The first-order valence-corrected chi connectivity index (χ1v) is 9.40. The van der Waals surface area contributed by atoms with E-state index in [0.29, 0.717) is 24.3 Å². The highest BCUT2D eigenvalue weighted by Crippen LogP contribution is 2.66. The lowest BCUT2D eigenvalue weighted by Gasteiger charge is -2.50. The fourth-order valence-corrected chi connectivity index (χ4v) is 5.89. The van der Waals surface area contributed by atoms with Crippen LogP contribution < -0.4 is 9.47 Å². The maximum Gasteiger partial charge on any atom is 0.231 e. The van der Waals surface area contributed by atoms with Crippen molar-refractivity contribution in [1.82, 2.24) is 0 Å². The van der Waals surface area contributed by atoms with Crippen LogP contribution >= 0.6 is 0 Å². The Hall–Kier alpha value is -1.60. The number of aliphatic hydroxyl groups is 2. The molecule has 2 N–H and O–H groups in total. The second kappa shape index (κ2) is 6.48. The molecule has 0 amide bonds. The Balaban J connectivity index is 1.89. The van der Waals surface area contributed by atoms with Crippen LogP contribution in [0.4, 0.5) is 0 Å². The molecule has 2 unspecified atom stereocenters. The predicted octanol–water partition coefficient (Wildman–Crippen LogP) is 2.24. The van der Waals surface area contributed by atoms with Gasteiger partial charge in [0.2, 0.25) is 6.79 Å². The van der Waals surface area contributed by atoms with E-state index < -0.39 is 29.3 Å². The van der Waals surface area contributed by atoms with Gasteiger partial charge in [-0.05, 0) is 36.5 Å². The maximum atomic E-state index is 11.5. The van der Waals surface area contributed by atoms with Gasteiger partial charge in [0.15, 0.2) is 11.5 Å². The van der Waals surface area contributed by atoms with Gasteiger partial charge in [-0.2, -0.15) is 0 Å². The van der Waals surface area contributed by atoms with Crippen molar-refractivity contribution in [2.75, 3.05) is 21.0 Å². The van der Waals surface area contributed by atoms with E-state index in [1.165, 1.54) is 0 Å². The third-order valence-corrected chi connectivity index (χ3v) is 7.20. The molecule has 6 nitrogen and oxygen atoms in total. The molecule has 0 radical (unpaired) electrons. The zero-order valence-electron chi connectivity index (χ0n) is 16.1. The third-order valence-electron chi connectivity index (χ3n) is 7.20. The number of allylic oxidation sites excluding steroid dienone is 1. The number of aliphatic hydroxyl groups excluding tert-OH is 2. The van der Waals surface area contributed by atoms with Gasteiger partial charge in [0, 0.05) is 25.6 Å². The summed E-state index contributed by atoms with van der Waals surface area (Å²) in [5.74, 6) is 1.18. The fraction of sp³-hybridized carbons (Fsp3) is 0.619. The molecule has 3 aliphatic rings. The van der Waals surface area contributed by atoms with Gasteiger partial charge in [-0.3, -0.25) is 0 Å². The first-order chi connectivity index (χ1) is 13.0. The summed E-state index contributed by atoms with van der Waals surface area (Å²) >= 11 is 0. The summed E-state index contributed by atoms with van der Waals surface area (Å²) in [5, 5.41) is 22.7. The molecule has 1 aromatic carbocycles. The molecule has 1 aliphatic heterocycles. The van der Waals surface area contributed by atoms with Crippen LogP contribution in [0.3, 0.4) is 0 Å². The normalized spacial score (nSPS) is 42.3. The molecular weight excluding hydrogens is 348 g/mol. The summed E-state index contributed by atoms with van der Waals surface area (Å²) in [6.45, 7) is 6.23.